The van der Waals surface area contributed by atoms with Crippen LogP contribution in [0, 0.1) is 0 Å². The van der Waals surface area contributed by atoms with Gasteiger partial charge < -0.3 is 4.90 Å². The molecule has 1 aliphatic heterocycles. The van der Waals surface area contributed by atoms with Crippen molar-refractivity contribution in [2.24, 2.45) is 7.05 Å². The van der Waals surface area contributed by atoms with Gasteiger partial charge in [-0.05, 0) is 12.8 Å². The molecule has 0 aromatic carbocycles. The standard InChI is InChI=1S/C10H14BrN3O/c1-13-7-8(6-12-13)9-3-2-4-14(9)10(15)5-11/h6-7,9H,2-5H2,1H3. The van der Waals surface area contributed by atoms with E-state index in [0.29, 0.717) is 5.33 Å². The SMILES string of the molecule is Cn1cc(C2CCCN2C(=O)CBr)cn1. The summed E-state index contributed by atoms with van der Waals surface area (Å²) in [6.07, 6.45) is 5.97. The second-order valence-corrected chi connectivity index (χ2v) is 4.39. The number of aryl methyl sites for hydroxylation is 1. The molecule has 1 amide bonds. The van der Waals surface area contributed by atoms with Crippen LogP contribution in [0.3, 0.4) is 0 Å². The van der Waals surface area contributed by atoms with Crippen molar-refractivity contribution in [1.82, 2.24) is 14.7 Å². The van der Waals surface area contributed by atoms with Crippen LogP contribution in [0.25, 0.3) is 0 Å². The number of carbonyl (C=O) groups excluding carboxylic acids is 1. The van der Waals surface area contributed by atoms with Gasteiger partial charge in [0.15, 0.2) is 0 Å². The lowest BCUT2D eigenvalue weighted by molar-refractivity contribution is -0.129. The average Bonchev–Trinajstić information content (AvgIpc) is 2.84. The summed E-state index contributed by atoms with van der Waals surface area (Å²) in [7, 11) is 1.90. The molecule has 1 aromatic heterocycles. The van der Waals surface area contributed by atoms with Gasteiger partial charge in [0.25, 0.3) is 0 Å². The second kappa shape index (κ2) is 4.35. The van der Waals surface area contributed by atoms with Crippen molar-refractivity contribution in [2.75, 3.05) is 11.9 Å². The number of carbonyl (C=O) groups is 1. The maximum Gasteiger partial charge on any atom is 0.233 e. The number of rotatable bonds is 2. The van der Waals surface area contributed by atoms with Crippen LogP contribution in [0.2, 0.25) is 0 Å². The zero-order valence-corrected chi connectivity index (χ0v) is 10.3. The molecule has 1 saturated heterocycles. The van der Waals surface area contributed by atoms with Crippen molar-refractivity contribution < 1.29 is 4.79 Å². The molecule has 0 bridgehead atoms. The number of likely N-dealkylation sites (tertiary alicyclic amines) is 1. The highest BCUT2D eigenvalue weighted by Crippen LogP contribution is 2.31. The molecular weight excluding hydrogens is 258 g/mol. The van der Waals surface area contributed by atoms with Gasteiger partial charge in [-0.15, -0.1) is 0 Å². The molecule has 2 rings (SSSR count). The van der Waals surface area contributed by atoms with Crippen LogP contribution in [0.15, 0.2) is 12.4 Å². The molecule has 0 spiro atoms. The maximum atomic E-state index is 11.7. The van der Waals surface area contributed by atoms with Crippen molar-refractivity contribution in [1.29, 1.82) is 0 Å². The van der Waals surface area contributed by atoms with Gasteiger partial charge in [0.05, 0.1) is 17.6 Å². The highest BCUT2D eigenvalue weighted by molar-refractivity contribution is 9.09. The number of alkyl halides is 1. The number of hydrogen-bond donors (Lipinski definition) is 0. The van der Waals surface area contributed by atoms with Gasteiger partial charge in [-0.3, -0.25) is 9.48 Å². The van der Waals surface area contributed by atoms with E-state index >= 15 is 0 Å². The third-order valence-electron chi connectivity index (χ3n) is 2.80. The van der Waals surface area contributed by atoms with E-state index in [4.69, 9.17) is 0 Å². The maximum absolute atomic E-state index is 11.7. The Morgan fingerprint density at radius 3 is 3.13 bits per heavy atom. The summed E-state index contributed by atoms with van der Waals surface area (Å²) in [6.45, 7) is 0.865. The van der Waals surface area contributed by atoms with E-state index in [-0.39, 0.29) is 11.9 Å². The van der Waals surface area contributed by atoms with Crippen LogP contribution in [0.1, 0.15) is 24.4 Å². The average molecular weight is 272 g/mol. The molecule has 1 aliphatic rings. The van der Waals surface area contributed by atoms with E-state index in [2.05, 4.69) is 21.0 Å². The Morgan fingerprint density at radius 1 is 1.73 bits per heavy atom. The minimum atomic E-state index is 0.168. The van der Waals surface area contributed by atoms with E-state index < -0.39 is 0 Å². The Morgan fingerprint density at radius 2 is 2.53 bits per heavy atom. The van der Waals surface area contributed by atoms with Gasteiger partial charge >= 0.3 is 0 Å². The number of amides is 1. The van der Waals surface area contributed by atoms with E-state index in [0.717, 1.165) is 24.9 Å². The summed E-state index contributed by atoms with van der Waals surface area (Å²) >= 11 is 3.22. The molecule has 0 aliphatic carbocycles. The van der Waals surface area contributed by atoms with Crippen molar-refractivity contribution in [3.63, 3.8) is 0 Å². The summed E-state index contributed by atoms with van der Waals surface area (Å²) < 4.78 is 1.78. The Labute approximate surface area is 97.4 Å². The Balaban J connectivity index is 2.18. The summed E-state index contributed by atoms with van der Waals surface area (Å²) in [4.78, 5) is 13.6. The van der Waals surface area contributed by atoms with Crippen LogP contribution >= 0.6 is 15.9 Å². The van der Waals surface area contributed by atoms with E-state index in [1.54, 1.807) is 4.68 Å². The first-order valence-corrected chi connectivity index (χ1v) is 6.18. The lowest BCUT2D eigenvalue weighted by atomic mass is 10.1. The molecule has 1 unspecified atom stereocenters. The summed E-state index contributed by atoms with van der Waals surface area (Å²) in [5.41, 5.74) is 1.14. The normalized spacial score (nSPS) is 20.9. The number of halogens is 1. The summed E-state index contributed by atoms with van der Waals surface area (Å²) in [5.74, 6) is 0.168. The predicted octanol–water partition coefficient (Wildman–Crippen LogP) is 1.48. The lowest BCUT2D eigenvalue weighted by Gasteiger charge is -2.22. The van der Waals surface area contributed by atoms with Crippen LogP contribution in [-0.2, 0) is 11.8 Å². The van der Waals surface area contributed by atoms with Gasteiger partial charge in [-0.1, -0.05) is 15.9 Å². The molecule has 1 fully saturated rings. The molecule has 5 heteroatoms. The molecule has 0 saturated carbocycles. The molecule has 0 N–H and O–H groups in total. The fourth-order valence-electron chi connectivity index (χ4n) is 2.10. The molecular formula is C10H14BrN3O. The first kappa shape index (κ1) is 10.7. The van der Waals surface area contributed by atoms with Crippen molar-refractivity contribution in [3.05, 3.63) is 18.0 Å². The van der Waals surface area contributed by atoms with Gasteiger partial charge in [-0.2, -0.15) is 5.10 Å². The van der Waals surface area contributed by atoms with E-state index in [1.807, 2.05) is 24.3 Å². The Bertz CT molecular complexity index is 363. The third-order valence-corrected chi connectivity index (χ3v) is 3.28. The van der Waals surface area contributed by atoms with Crippen LogP contribution in [-0.4, -0.2) is 32.5 Å². The quantitative estimate of drug-likeness (QED) is 0.765. The van der Waals surface area contributed by atoms with Crippen LogP contribution < -0.4 is 0 Å². The molecule has 0 radical (unpaired) electrons. The first-order valence-electron chi connectivity index (χ1n) is 5.06. The number of aromatic nitrogens is 2. The highest BCUT2D eigenvalue weighted by atomic mass is 79.9. The molecule has 2 heterocycles. The Hall–Kier alpha value is -0.840. The van der Waals surface area contributed by atoms with Gasteiger partial charge in [0, 0.05) is 25.4 Å². The van der Waals surface area contributed by atoms with E-state index in [9.17, 15) is 4.79 Å². The van der Waals surface area contributed by atoms with Crippen molar-refractivity contribution >= 4 is 21.8 Å². The summed E-state index contributed by atoms with van der Waals surface area (Å²) in [6, 6.07) is 0.226. The van der Waals surface area contributed by atoms with E-state index in [1.165, 1.54) is 0 Å². The monoisotopic (exact) mass is 271 g/mol. The van der Waals surface area contributed by atoms with Crippen LogP contribution in [0.5, 0.6) is 0 Å². The smallest absolute Gasteiger partial charge is 0.233 e. The predicted molar refractivity (Wildman–Crippen MR) is 60.7 cm³/mol. The molecule has 1 aromatic rings. The molecule has 4 nitrogen and oxygen atoms in total. The van der Waals surface area contributed by atoms with Gasteiger partial charge in [-0.25, -0.2) is 0 Å². The van der Waals surface area contributed by atoms with Gasteiger partial charge in [0.2, 0.25) is 5.91 Å². The van der Waals surface area contributed by atoms with Crippen molar-refractivity contribution in [2.45, 2.75) is 18.9 Å². The molecule has 1 atom stereocenters. The first-order chi connectivity index (χ1) is 7.22. The fraction of sp³-hybridized carbons (Fsp3) is 0.600. The summed E-state index contributed by atoms with van der Waals surface area (Å²) in [5, 5.41) is 4.55. The zero-order valence-electron chi connectivity index (χ0n) is 8.69. The van der Waals surface area contributed by atoms with Crippen LogP contribution in [0.4, 0.5) is 0 Å². The fourth-order valence-corrected chi connectivity index (χ4v) is 2.42. The zero-order chi connectivity index (χ0) is 10.8. The minimum Gasteiger partial charge on any atom is -0.335 e. The lowest BCUT2D eigenvalue weighted by Crippen LogP contribution is -2.31. The number of hydrogen-bond acceptors (Lipinski definition) is 2. The Kier molecular flexibility index (Phi) is 3.09. The molecule has 15 heavy (non-hydrogen) atoms. The topological polar surface area (TPSA) is 38.1 Å². The largest absolute Gasteiger partial charge is 0.335 e. The molecule has 82 valence electrons. The highest BCUT2D eigenvalue weighted by Gasteiger charge is 2.29. The van der Waals surface area contributed by atoms with Gasteiger partial charge in [0.1, 0.15) is 0 Å². The second-order valence-electron chi connectivity index (χ2n) is 3.83. The third kappa shape index (κ3) is 2.07. The number of nitrogens with zero attached hydrogens (tertiary/aromatic N) is 3. The van der Waals surface area contributed by atoms with Crippen molar-refractivity contribution in [3.8, 4) is 0 Å². The minimum absolute atomic E-state index is 0.168.